The lowest BCUT2D eigenvalue weighted by Gasteiger charge is -2.43. The number of halogens is 2. The van der Waals surface area contributed by atoms with Crippen LogP contribution in [-0.2, 0) is 9.53 Å². The molecule has 25 heavy (non-hydrogen) atoms. The van der Waals surface area contributed by atoms with Crippen molar-refractivity contribution in [2.75, 3.05) is 13.2 Å². The molecule has 3 rings (SSSR count). The number of carbonyl (C=O) groups excluding carboxylic acids is 1. The average molecular weight is 382 g/mol. The van der Waals surface area contributed by atoms with Crippen LogP contribution in [0, 0.1) is 0 Å². The monoisotopic (exact) mass is 381 g/mol. The summed E-state index contributed by atoms with van der Waals surface area (Å²) < 4.78 is 5.78. The van der Waals surface area contributed by atoms with Gasteiger partial charge in [0.2, 0.25) is 0 Å². The smallest absolute Gasteiger partial charge is 0.251 e. The minimum Gasteiger partial charge on any atom is -0.392 e. The SMILES string of the molecule is O=C1CO[C@H](c2cccc(Cl)c2)C(c2ccc(Cl)cc2)N1[C@H](O)CO. The summed E-state index contributed by atoms with van der Waals surface area (Å²) >= 11 is 12.1. The van der Waals surface area contributed by atoms with Crippen LogP contribution in [-0.4, -0.2) is 40.5 Å². The van der Waals surface area contributed by atoms with Crippen LogP contribution in [0.5, 0.6) is 0 Å². The molecule has 132 valence electrons. The highest BCUT2D eigenvalue weighted by Crippen LogP contribution is 2.41. The maximum Gasteiger partial charge on any atom is 0.251 e. The van der Waals surface area contributed by atoms with Gasteiger partial charge in [-0.1, -0.05) is 47.5 Å². The highest BCUT2D eigenvalue weighted by atomic mass is 35.5. The van der Waals surface area contributed by atoms with E-state index < -0.39 is 30.9 Å². The van der Waals surface area contributed by atoms with Gasteiger partial charge in [-0.05, 0) is 35.4 Å². The lowest BCUT2D eigenvalue weighted by molar-refractivity contribution is -0.181. The Morgan fingerprint density at radius 3 is 2.48 bits per heavy atom. The van der Waals surface area contributed by atoms with Crippen molar-refractivity contribution in [1.29, 1.82) is 0 Å². The summed E-state index contributed by atoms with van der Waals surface area (Å²) in [4.78, 5) is 13.6. The first kappa shape index (κ1) is 18.2. The minimum absolute atomic E-state index is 0.196. The van der Waals surface area contributed by atoms with E-state index in [4.69, 9.17) is 27.9 Å². The van der Waals surface area contributed by atoms with Crippen LogP contribution in [0.1, 0.15) is 23.3 Å². The highest BCUT2D eigenvalue weighted by molar-refractivity contribution is 6.30. The number of carbonyl (C=O) groups is 1. The van der Waals surface area contributed by atoms with E-state index in [2.05, 4.69) is 0 Å². The van der Waals surface area contributed by atoms with Gasteiger partial charge < -0.3 is 19.8 Å². The van der Waals surface area contributed by atoms with Gasteiger partial charge in [0.15, 0.2) is 6.23 Å². The molecule has 1 saturated heterocycles. The third-order valence-electron chi connectivity index (χ3n) is 4.13. The summed E-state index contributed by atoms with van der Waals surface area (Å²) in [6.45, 7) is -0.767. The molecule has 1 aliphatic heterocycles. The number of hydrogen-bond donors (Lipinski definition) is 2. The topological polar surface area (TPSA) is 70.0 Å². The van der Waals surface area contributed by atoms with Gasteiger partial charge >= 0.3 is 0 Å². The first-order valence-electron chi connectivity index (χ1n) is 7.74. The second kappa shape index (κ2) is 7.72. The van der Waals surface area contributed by atoms with E-state index in [0.717, 1.165) is 11.1 Å². The Bertz CT molecular complexity index is 753. The number of nitrogens with zero attached hydrogens (tertiary/aromatic N) is 1. The molecule has 1 fully saturated rings. The van der Waals surface area contributed by atoms with Crippen molar-refractivity contribution in [2.24, 2.45) is 0 Å². The van der Waals surface area contributed by atoms with Gasteiger partial charge in [0, 0.05) is 10.0 Å². The molecule has 5 nitrogen and oxygen atoms in total. The van der Waals surface area contributed by atoms with Crippen molar-refractivity contribution in [1.82, 2.24) is 4.90 Å². The molecule has 1 amide bonds. The second-order valence-electron chi connectivity index (χ2n) is 5.75. The Balaban J connectivity index is 2.08. The van der Waals surface area contributed by atoms with Gasteiger partial charge in [0.05, 0.1) is 12.6 Å². The molecule has 7 heteroatoms. The van der Waals surface area contributed by atoms with Crippen LogP contribution < -0.4 is 0 Å². The summed E-state index contributed by atoms with van der Waals surface area (Å²) in [5.74, 6) is -0.403. The highest BCUT2D eigenvalue weighted by Gasteiger charge is 2.41. The van der Waals surface area contributed by atoms with Crippen molar-refractivity contribution in [2.45, 2.75) is 18.4 Å². The number of aliphatic hydroxyl groups is 2. The first-order chi connectivity index (χ1) is 12.0. The van der Waals surface area contributed by atoms with E-state index in [-0.39, 0.29) is 6.61 Å². The lowest BCUT2D eigenvalue weighted by Crippen LogP contribution is -2.52. The molecule has 0 bridgehead atoms. The maximum atomic E-state index is 12.4. The van der Waals surface area contributed by atoms with E-state index in [0.29, 0.717) is 10.0 Å². The standard InChI is InChI=1S/C18H17Cl2NO4/c19-13-6-4-11(5-7-13)17-18(12-2-1-3-14(20)8-12)25-10-16(24)21(17)15(23)9-22/h1-8,15,17-18,22-23H,9-10H2/t15-,17?,18-/m1/s1. The fourth-order valence-electron chi connectivity index (χ4n) is 3.02. The van der Waals surface area contributed by atoms with Gasteiger partial charge in [0.1, 0.15) is 12.7 Å². The van der Waals surface area contributed by atoms with E-state index in [9.17, 15) is 15.0 Å². The van der Waals surface area contributed by atoms with Gasteiger partial charge in [-0.3, -0.25) is 4.79 Å². The summed E-state index contributed by atoms with van der Waals surface area (Å²) in [7, 11) is 0. The molecular weight excluding hydrogens is 365 g/mol. The summed E-state index contributed by atoms with van der Waals surface area (Å²) in [6.07, 6.45) is -1.88. The van der Waals surface area contributed by atoms with Crippen LogP contribution in [0.15, 0.2) is 48.5 Å². The number of rotatable bonds is 4. The molecular formula is C18H17Cl2NO4. The number of benzene rings is 2. The second-order valence-corrected chi connectivity index (χ2v) is 6.62. The van der Waals surface area contributed by atoms with Gasteiger partial charge in [-0.2, -0.15) is 0 Å². The largest absolute Gasteiger partial charge is 0.392 e. The van der Waals surface area contributed by atoms with Crippen LogP contribution >= 0.6 is 23.2 Å². The Morgan fingerprint density at radius 1 is 1.12 bits per heavy atom. The van der Waals surface area contributed by atoms with Crippen molar-refractivity contribution in [3.05, 3.63) is 69.7 Å². The zero-order chi connectivity index (χ0) is 18.0. The van der Waals surface area contributed by atoms with Gasteiger partial charge in [0.25, 0.3) is 5.91 Å². The number of amides is 1. The molecule has 0 spiro atoms. The quantitative estimate of drug-likeness (QED) is 0.853. The molecule has 0 aromatic heterocycles. The Kier molecular flexibility index (Phi) is 5.61. The molecule has 3 atom stereocenters. The number of morpholine rings is 1. The third kappa shape index (κ3) is 3.81. The normalized spacial score (nSPS) is 22.1. The van der Waals surface area contributed by atoms with Crippen LogP contribution in [0.4, 0.5) is 0 Å². The van der Waals surface area contributed by atoms with Crippen LogP contribution in [0.3, 0.4) is 0 Å². The fraction of sp³-hybridized carbons (Fsp3) is 0.278. The van der Waals surface area contributed by atoms with E-state index in [1.165, 1.54) is 4.90 Å². The van der Waals surface area contributed by atoms with Crippen LogP contribution in [0.2, 0.25) is 10.0 Å². The molecule has 1 unspecified atom stereocenters. The van der Waals surface area contributed by atoms with E-state index in [1.807, 2.05) is 6.07 Å². The van der Waals surface area contributed by atoms with Crippen molar-refractivity contribution >= 4 is 29.1 Å². The molecule has 1 heterocycles. The van der Waals surface area contributed by atoms with Crippen LogP contribution in [0.25, 0.3) is 0 Å². The molecule has 2 N–H and O–H groups in total. The molecule has 1 aliphatic rings. The Labute approximate surface area is 155 Å². The molecule has 2 aromatic carbocycles. The van der Waals surface area contributed by atoms with Crippen molar-refractivity contribution in [3.8, 4) is 0 Å². The molecule has 0 radical (unpaired) electrons. The lowest BCUT2D eigenvalue weighted by atomic mass is 9.92. The fourth-order valence-corrected chi connectivity index (χ4v) is 3.35. The number of aliphatic hydroxyl groups excluding tert-OH is 2. The van der Waals surface area contributed by atoms with Crippen molar-refractivity contribution in [3.63, 3.8) is 0 Å². The zero-order valence-corrected chi connectivity index (χ0v) is 14.7. The predicted molar refractivity (Wildman–Crippen MR) is 94.3 cm³/mol. The predicted octanol–water partition coefficient (Wildman–Crippen LogP) is 2.95. The summed E-state index contributed by atoms with van der Waals surface area (Å²) in [5, 5.41) is 20.7. The Hall–Kier alpha value is -1.63. The third-order valence-corrected chi connectivity index (χ3v) is 4.62. The molecule has 0 aliphatic carbocycles. The summed E-state index contributed by atoms with van der Waals surface area (Å²) in [5.41, 5.74) is 1.50. The number of hydrogen-bond acceptors (Lipinski definition) is 4. The first-order valence-corrected chi connectivity index (χ1v) is 8.49. The zero-order valence-electron chi connectivity index (χ0n) is 13.2. The minimum atomic E-state index is -1.33. The van der Waals surface area contributed by atoms with Gasteiger partial charge in [-0.25, -0.2) is 0 Å². The van der Waals surface area contributed by atoms with E-state index in [1.54, 1.807) is 42.5 Å². The molecule has 0 saturated carbocycles. The summed E-state index contributed by atoms with van der Waals surface area (Å²) in [6, 6.07) is 13.5. The molecule has 2 aromatic rings. The average Bonchev–Trinajstić information content (AvgIpc) is 2.61. The van der Waals surface area contributed by atoms with Crippen molar-refractivity contribution < 1.29 is 19.7 Å². The van der Waals surface area contributed by atoms with E-state index >= 15 is 0 Å². The maximum absolute atomic E-state index is 12.4. The Morgan fingerprint density at radius 2 is 1.84 bits per heavy atom. The number of ether oxygens (including phenoxy) is 1. The van der Waals surface area contributed by atoms with Gasteiger partial charge in [-0.15, -0.1) is 0 Å².